The smallest absolute Gasteiger partial charge is 0.490 e. The van der Waals surface area contributed by atoms with Gasteiger partial charge < -0.3 is 64.5 Å². The van der Waals surface area contributed by atoms with Gasteiger partial charge in [0.25, 0.3) is 5.91 Å². The number of nitrogen functional groups attached to an aromatic ring is 1. The van der Waals surface area contributed by atoms with Gasteiger partial charge in [-0.1, -0.05) is 41.1 Å². The lowest BCUT2D eigenvalue weighted by Crippen LogP contribution is -2.33. The van der Waals surface area contributed by atoms with Gasteiger partial charge in [0.05, 0.1) is 55.7 Å². The standard InChI is InChI=1S/C35H31Cl2N4O20P3/c1-54-22-11-20-29(25(36)27(22)42)58-30-21(12-23(55-2)28(43)26(30)37)35(20)19-7-5-15(10-18(19)33(45)59-35)32(44)39-9-3-4-16-13-41(34(46)40-31(16)38)24-8-6-17(57-24)14-56-63(50,51)61-64(52,53)60-62(47,48)49/h5,7,10-13,17,24,42-43H,6,8-9,14H2,1-2H3,(H,39,44)(H,50,51)(H,52,53)(H2,38,40,46)(H2,47,48,49)/t17-,24+/m0/s1. The number of aromatic nitrogens is 2. The van der Waals surface area contributed by atoms with Crippen molar-refractivity contribution in [1.82, 2.24) is 14.9 Å². The maximum atomic E-state index is 13.7. The van der Waals surface area contributed by atoms with Gasteiger partial charge in [0.2, 0.25) is 0 Å². The number of rotatable bonds is 12. The molecule has 7 rings (SSSR count). The summed E-state index contributed by atoms with van der Waals surface area (Å²) in [5, 5.41) is 23.4. The first-order valence-electron chi connectivity index (χ1n) is 17.8. The van der Waals surface area contributed by atoms with E-state index >= 15 is 0 Å². The molecule has 9 N–H and O–H groups in total. The zero-order valence-electron chi connectivity index (χ0n) is 32.4. The van der Waals surface area contributed by atoms with Gasteiger partial charge in [0.1, 0.15) is 22.1 Å². The quantitative estimate of drug-likeness (QED) is 0.0566. The third-order valence-corrected chi connectivity index (χ3v) is 14.1. The SMILES string of the molecule is COc1cc2c(c(Cl)c1O)Oc1c(cc(OC)c(O)c1Cl)C21OC(=O)c2cc(C(=O)NCC#Cc3cn([C@H]4CC[C@@H](COP(=O)(O)OP(=O)(O)OP(=O)(O)O)O4)c(=O)nc3N)ccc21. The number of phenolic OH excluding ortho intramolecular Hbond substituents is 2. The molecule has 3 aliphatic heterocycles. The highest BCUT2D eigenvalue weighted by Gasteiger charge is 2.56. The summed E-state index contributed by atoms with van der Waals surface area (Å²) in [5.41, 5.74) is 3.56. The van der Waals surface area contributed by atoms with Crippen molar-refractivity contribution < 1.29 is 89.9 Å². The number of anilines is 1. The van der Waals surface area contributed by atoms with Crippen molar-refractivity contribution in [1.29, 1.82) is 0 Å². The summed E-state index contributed by atoms with van der Waals surface area (Å²) in [4.78, 5) is 80.0. The van der Waals surface area contributed by atoms with Crippen LogP contribution in [0.2, 0.25) is 10.0 Å². The molecule has 29 heteroatoms. The molecule has 64 heavy (non-hydrogen) atoms. The van der Waals surface area contributed by atoms with Crippen molar-refractivity contribution in [3.8, 4) is 46.3 Å². The molecule has 340 valence electrons. The number of amides is 1. The van der Waals surface area contributed by atoms with E-state index in [1.54, 1.807) is 0 Å². The molecular formula is C35H31Cl2N4O20P3. The fourth-order valence-electron chi connectivity index (χ4n) is 6.93. The van der Waals surface area contributed by atoms with Crippen LogP contribution in [0, 0.1) is 11.8 Å². The molecule has 1 aromatic heterocycles. The Morgan fingerprint density at radius 2 is 1.58 bits per heavy atom. The van der Waals surface area contributed by atoms with E-state index in [0.29, 0.717) is 0 Å². The van der Waals surface area contributed by atoms with Crippen molar-refractivity contribution in [2.75, 3.05) is 33.1 Å². The van der Waals surface area contributed by atoms with E-state index in [0.717, 1.165) is 4.57 Å². The molecule has 4 heterocycles. The van der Waals surface area contributed by atoms with E-state index in [-0.39, 0.29) is 91.6 Å². The minimum absolute atomic E-state index is 0.000276. The van der Waals surface area contributed by atoms with E-state index in [1.165, 1.54) is 50.7 Å². The summed E-state index contributed by atoms with van der Waals surface area (Å²) in [6.07, 6.45) is -0.564. The Kier molecular flexibility index (Phi) is 12.6. The van der Waals surface area contributed by atoms with Crippen molar-refractivity contribution in [3.63, 3.8) is 0 Å². The van der Waals surface area contributed by atoms with Crippen LogP contribution < -0.4 is 31.0 Å². The Hall–Kier alpha value is -5.21. The molecule has 24 nitrogen and oxygen atoms in total. The Balaban J connectivity index is 1.07. The lowest BCUT2D eigenvalue weighted by Gasteiger charge is -2.37. The van der Waals surface area contributed by atoms with Gasteiger partial charge in [0, 0.05) is 17.3 Å². The number of fused-ring (bicyclic) bond motifs is 6. The van der Waals surface area contributed by atoms with Crippen molar-refractivity contribution >= 4 is 64.4 Å². The predicted octanol–water partition coefficient (Wildman–Crippen LogP) is 3.93. The second-order valence-electron chi connectivity index (χ2n) is 13.6. The highest BCUT2D eigenvalue weighted by atomic mass is 35.5. The van der Waals surface area contributed by atoms with Gasteiger partial charge in [-0.15, -0.1) is 0 Å². The summed E-state index contributed by atoms with van der Waals surface area (Å²) in [6, 6.07) is 6.83. The first kappa shape index (κ1) is 46.8. The largest absolute Gasteiger partial charge is 0.503 e. The minimum atomic E-state index is -5.73. The van der Waals surface area contributed by atoms with Crippen molar-refractivity contribution in [2.24, 2.45) is 0 Å². The molecule has 1 fully saturated rings. The number of nitrogens with two attached hydrogens (primary N) is 1. The van der Waals surface area contributed by atoms with Crippen LogP contribution in [-0.4, -0.2) is 84.7 Å². The zero-order valence-corrected chi connectivity index (χ0v) is 36.6. The monoisotopic (exact) mass is 990 g/mol. The number of esters is 1. The summed E-state index contributed by atoms with van der Waals surface area (Å²) in [5.74, 6) is 2.01. The molecule has 1 amide bonds. The number of phosphoric ester groups is 1. The summed E-state index contributed by atoms with van der Waals surface area (Å²) in [6.45, 7) is -1.02. The average Bonchev–Trinajstić information content (AvgIpc) is 3.80. The zero-order chi connectivity index (χ0) is 46.7. The number of benzene rings is 3. The average molecular weight is 991 g/mol. The van der Waals surface area contributed by atoms with E-state index in [1.807, 2.05) is 0 Å². The molecule has 3 aliphatic rings. The van der Waals surface area contributed by atoms with E-state index in [4.69, 9.17) is 62.4 Å². The van der Waals surface area contributed by atoms with Crippen LogP contribution in [0.4, 0.5) is 5.82 Å². The number of nitrogens with one attached hydrogen (secondary N) is 1. The lowest BCUT2D eigenvalue weighted by molar-refractivity contribution is -0.0242. The van der Waals surface area contributed by atoms with Gasteiger partial charge in [-0.2, -0.15) is 13.6 Å². The Morgan fingerprint density at radius 1 is 0.953 bits per heavy atom. The first-order valence-corrected chi connectivity index (χ1v) is 23.1. The highest BCUT2D eigenvalue weighted by molar-refractivity contribution is 7.66. The number of carbonyl (C=O) groups is 2. The number of halogens is 2. The normalized spacial score (nSPS) is 18.8. The van der Waals surface area contributed by atoms with Gasteiger partial charge in [-0.25, -0.2) is 23.3 Å². The number of methoxy groups -OCH3 is 2. The Labute approximate surface area is 368 Å². The molecule has 0 saturated carbocycles. The molecule has 0 radical (unpaired) electrons. The van der Waals surface area contributed by atoms with Crippen LogP contribution in [0.5, 0.6) is 34.5 Å². The third kappa shape index (κ3) is 8.92. The second-order valence-corrected chi connectivity index (χ2v) is 18.7. The van der Waals surface area contributed by atoms with Crippen LogP contribution in [0.1, 0.15) is 62.0 Å². The molecule has 3 aromatic carbocycles. The number of phenols is 2. The molecule has 1 spiro atoms. The number of phosphoric acid groups is 3. The number of ether oxygens (including phenoxy) is 5. The maximum Gasteiger partial charge on any atom is 0.490 e. The summed E-state index contributed by atoms with van der Waals surface area (Å²) >= 11 is 13.1. The van der Waals surface area contributed by atoms with Crippen molar-refractivity contribution in [2.45, 2.75) is 30.8 Å². The van der Waals surface area contributed by atoms with Crippen LogP contribution in [-0.2, 0) is 41.9 Å². The molecule has 1 saturated heterocycles. The summed E-state index contributed by atoms with van der Waals surface area (Å²) in [7, 11) is -14.2. The molecule has 0 bridgehead atoms. The van der Waals surface area contributed by atoms with E-state index < -0.39 is 77.1 Å². The van der Waals surface area contributed by atoms with Gasteiger partial charge in [0.15, 0.2) is 40.1 Å². The molecule has 2 unspecified atom stereocenters. The highest BCUT2D eigenvalue weighted by Crippen LogP contribution is 2.67. The number of hydrogen-bond acceptors (Lipinski definition) is 18. The number of nitrogens with zero attached hydrogens (tertiary/aromatic N) is 2. The first-order chi connectivity index (χ1) is 30.0. The number of carbonyl (C=O) groups excluding carboxylic acids is 2. The molecular weight excluding hydrogens is 960 g/mol. The summed E-state index contributed by atoms with van der Waals surface area (Å²) < 4.78 is 76.0. The predicted molar refractivity (Wildman–Crippen MR) is 216 cm³/mol. The van der Waals surface area contributed by atoms with E-state index in [9.17, 15) is 48.1 Å². The minimum Gasteiger partial charge on any atom is -0.503 e. The van der Waals surface area contributed by atoms with Crippen molar-refractivity contribution in [3.05, 3.63) is 90.4 Å². The fraction of sp³-hybridized carbons (Fsp3) is 0.257. The van der Waals surface area contributed by atoms with Crippen LogP contribution in [0.15, 0.2) is 41.3 Å². The second kappa shape index (κ2) is 17.3. The Morgan fingerprint density at radius 3 is 2.17 bits per heavy atom. The molecule has 0 aliphatic carbocycles. The number of hydrogen-bond donors (Lipinski definition) is 8. The van der Waals surface area contributed by atoms with Gasteiger partial charge >= 0.3 is 35.1 Å². The lowest BCUT2D eigenvalue weighted by atomic mass is 9.77. The maximum absolute atomic E-state index is 13.7. The van der Waals surface area contributed by atoms with Crippen LogP contribution >= 0.6 is 46.7 Å². The fourth-order valence-corrected chi connectivity index (χ4v) is 10.5. The van der Waals surface area contributed by atoms with E-state index in [2.05, 4.69) is 35.3 Å². The molecule has 4 atom stereocenters. The topological polar surface area (TPSA) is 354 Å². The van der Waals surface area contributed by atoms with Crippen LogP contribution in [0.25, 0.3) is 0 Å². The Bertz CT molecular complexity index is 2850. The number of aromatic hydroxyl groups is 2. The van der Waals surface area contributed by atoms with Gasteiger partial charge in [-0.05, 0) is 37.1 Å². The van der Waals surface area contributed by atoms with Gasteiger partial charge in [-0.3, -0.25) is 13.9 Å². The van der Waals surface area contributed by atoms with Crippen LogP contribution in [0.3, 0.4) is 0 Å². The third-order valence-electron chi connectivity index (χ3n) is 9.63. The molecule has 4 aromatic rings.